The van der Waals surface area contributed by atoms with E-state index < -0.39 is 22.1 Å². The molecule has 0 saturated carbocycles. The van der Waals surface area contributed by atoms with Gasteiger partial charge in [-0.3, -0.25) is 14.9 Å². The number of aromatic nitrogens is 2. The van der Waals surface area contributed by atoms with Gasteiger partial charge in [-0.2, -0.15) is 0 Å². The zero-order valence-corrected chi connectivity index (χ0v) is 10.1. The molecule has 0 atom stereocenters. The van der Waals surface area contributed by atoms with Crippen LogP contribution in [0.1, 0.15) is 10.5 Å². The van der Waals surface area contributed by atoms with Crippen LogP contribution in [-0.4, -0.2) is 27.6 Å². The molecule has 0 fully saturated rings. The van der Waals surface area contributed by atoms with Gasteiger partial charge >= 0.3 is 5.97 Å². The molecule has 0 saturated heterocycles. The molecule has 8 heteroatoms. The molecule has 2 aromatic rings. The number of nitro benzene ring substituents is 1. The third-order valence-corrected chi connectivity index (χ3v) is 2.65. The second-order valence-corrected chi connectivity index (χ2v) is 3.75. The van der Waals surface area contributed by atoms with Crippen LogP contribution in [0.25, 0.3) is 11.0 Å². The quantitative estimate of drug-likeness (QED) is 0.447. The normalized spacial score (nSPS) is 10.4. The molecule has 0 aliphatic rings. The summed E-state index contributed by atoms with van der Waals surface area (Å²) in [5.41, 5.74) is -0.624. The third kappa shape index (κ3) is 2.03. The Morgan fingerprint density at radius 1 is 1.47 bits per heavy atom. The fourth-order valence-electron chi connectivity index (χ4n) is 1.66. The molecule has 0 amide bonds. The van der Waals surface area contributed by atoms with Crippen LogP contribution >= 0.6 is 0 Å². The summed E-state index contributed by atoms with van der Waals surface area (Å²) in [7, 11) is 2.58. The maximum atomic E-state index is 11.9. The molecular weight excluding hydrogens is 254 g/mol. The number of esters is 1. The molecule has 0 spiro atoms. The highest BCUT2D eigenvalue weighted by molar-refractivity contribution is 5.89. The van der Waals surface area contributed by atoms with Crippen LogP contribution in [0, 0.1) is 10.1 Å². The molecule has 1 aromatic carbocycles. The number of hydrogen-bond acceptors (Lipinski definition) is 6. The number of rotatable bonds is 2. The fourth-order valence-corrected chi connectivity index (χ4v) is 1.66. The minimum absolute atomic E-state index is 0.172. The molecule has 0 unspecified atom stereocenters. The first kappa shape index (κ1) is 12.7. The van der Waals surface area contributed by atoms with Crippen molar-refractivity contribution in [3.63, 3.8) is 0 Å². The zero-order chi connectivity index (χ0) is 14.2. The Morgan fingerprint density at radius 3 is 2.74 bits per heavy atom. The molecule has 8 nitrogen and oxygen atoms in total. The first-order valence-corrected chi connectivity index (χ1v) is 5.19. The monoisotopic (exact) mass is 263 g/mol. The van der Waals surface area contributed by atoms with E-state index in [0.717, 1.165) is 7.11 Å². The summed E-state index contributed by atoms with van der Waals surface area (Å²) in [4.78, 5) is 37.2. The van der Waals surface area contributed by atoms with Crippen molar-refractivity contribution in [3.8, 4) is 0 Å². The van der Waals surface area contributed by atoms with Gasteiger partial charge in [0, 0.05) is 19.2 Å². The largest absolute Gasteiger partial charge is 0.464 e. The summed E-state index contributed by atoms with van der Waals surface area (Å²) in [6.07, 6.45) is 0. The second kappa shape index (κ2) is 4.48. The smallest absolute Gasteiger partial charge is 0.362 e. The number of benzene rings is 1. The topological polar surface area (TPSA) is 104 Å². The van der Waals surface area contributed by atoms with E-state index in [2.05, 4.69) is 9.72 Å². The van der Waals surface area contributed by atoms with Crippen LogP contribution in [0.4, 0.5) is 5.69 Å². The highest BCUT2D eigenvalue weighted by atomic mass is 16.6. The van der Waals surface area contributed by atoms with Crippen molar-refractivity contribution < 1.29 is 14.5 Å². The van der Waals surface area contributed by atoms with Gasteiger partial charge in [0.05, 0.1) is 23.1 Å². The molecule has 1 aromatic heterocycles. The maximum Gasteiger partial charge on any atom is 0.362 e. The minimum atomic E-state index is -0.881. The standard InChI is InChI=1S/C11H9N3O5/c1-13-8-4-3-6(14(17)18)5-7(8)12-9(10(13)15)11(16)19-2/h3-5H,1-2H3. The van der Waals surface area contributed by atoms with Gasteiger partial charge in [-0.1, -0.05) is 0 Å². The van der Waals surface area contributed by atoms with Crippen LogP contribution in [0.2, 0.25) is 0 Å². The van der Waals surface area contributed by atoms with Crippen molar-refractivity contribution in [2.45, 2.75) is 0 Å². The van der Waals surface area contributed by atoms with E-state index in [1.165, 1.54) is 29.8 Å². The summed E-state index contributed by atoms with van der Waals surface area (Å²) in [5.74, 6) is -0.881. The molecule has 0 N–H and O–H groups in total. The first-order valence-electron chi connectivity index (χ1n) is 5.19. The lowest BCUT2D eigenvalue weighted by atomic mass is 10.2. The number of nitrogens with zero attached hydrogens (tertiary/aromatic N) is 3. The van der Waals surface area contributed by atoms with Crippen LogP contribution in [0.5, 0.6) is 0 Å². The Morgan fingerprint density at radius 2 is 2.16 bits per heavy atom. The minimum Gasteiger partial charge on any atom is -0.464 e. The van der Waals surface area contributed by atoms with Crippen molar-refractivity contribution in [1.82, 2.24) is 9.55 Å². The lowest BCUT2D eigenvalue weighted by molar-refractivity contribution is -0.384. The van der Waals surface area contributed by atoms with E-state index >= 15 is 0 Å². The van der Waals surface area contributed by atoms with Gasteiger partial charge < -0.3 is 9.30 Å². The molecular formula is C11H9N3O5. The van der Waals surface area contributed by atoms with E-state index in [9.17, 15) is 19.7 Å². The van der Waals surface area contributed by atoms with E-state index in [4.69, 9.17) is 0 Å². The number of hydrogen-bond donors (Lipinski definition) is 0. The number of carbonyl (C=O) groups is 1. The molecule has 0 aliphatic carbocycles. The Labute approximate surface area is 106 Å². The van der Waals surface area contributed by atoms with Crippen LogP contribution in [0.15, 0.2) is 23.0 Å². The first-order chi connectivity index (χ1) is 8.95. The number of nitro groups is 1. The molecule has 19 heavy (non-hydrogen) atoms. The lowest BCUT2D eigenvalue weighted by Gasteiger charge is -2.06. The Kier molecular flexibility index (Phi) is 2.99. The van der Waals surface area contributed by atoms with Crippen LogP contribution < -0.4 is 5.56 Å². The van der Waals surface area contributed by atoms with E-state index in [-0.39, 0.29) is 11.2 Å². The third-order valence-electron chi connectivity index (χ3n) is 2.65. The molecule has 0 radical (unpaired) electrons. The van der Waals surface area contributed by atoms with Crippen molar-refractivity contribution >= 4 is 22.7 Å². The lowest BCUT2D eigenvalue weighted by Crippen LogP contribution is -2.27. The number of carbonyl (C=O) groups excluding carboxylic acids is 1. The van der Waals surface area contributed by atoms with Gasteiger partial charge in [0.1, 0.15) is 0 Å². The van der Waals surface area contributed by atoms with Crippen molar-refractivity contribution in [2.75, 3.05) is 7.11 Å². The number of methoxy groups -OCH3 is 1. The van der Waals surface area contributed by atoms with Gasteiger partial charge in [-0.05, 0) is 6.07 Å². The van der Waals surface area contributed by atoms with Gasteiger partial charge in [0.15, 0.2) is 0 Å². The van der Waals surface area contributed by atoms with Crippen molar-refractivity contribution in [1.29, 1.82) is 0 Å². The van der Waals surface area contributed by atoms with E-state index in [1.807, 2.05) is 0 Å². The molecule has 1 heterocycles. The summed E-state index contributed by atoms with van der Waals surface area (Å²) < 4.78 is 5.64. The Balaban J connectivity index is 2.81. The van der Waals surface area contributed by atoms with Gasteiger partial charge in [-0.25, -0.2) is 9.78 Å². The average Bonchev–Trinajstić information content (AvgIpc) is 2.41. The maximum absolute atomic E-state index is 11.9. The van der Waals surface area contributed by atoms with Gasteiger partial charge in [0.2, 0.25) is 5.69 Å². The summed E-state index contributed by atoms with van der Waals surface area (Å²) >= 11 is 0. The fraction of sp³-hybridized carbons (Fsp3) is 0.182. The zero-order valence-electron chi connectivity index (χ0n) is 10.1. The van der Waals surface area contributed by atoms with Gasteiger partial charge in [0.25, 0.3) is 11.2 Å². The molecule has 2 rings (SSSR count). The summed E-state index contributed by atoms with van der Waals surface area (Å²) in [5, 5.41) is 10.7. The Bertz CT molecular complexity index is 750. The Hall–Kier alpha value is -2.77. The highest BCUT2D eigenvalue weighted by Crippen LogP contribution is 2.18. The van der Waals surface area contributed by atoms with Crippen LogP contribution in [0.3, 0.4) is 0 Å². The SMILES string of the molecule is COC(=O)c1nc2cc([N+](=O)[O-])ccc2n(C)c1=O. The number of ether oxygens (including phenoxy) is 1. The van der Waals surface area contributed by atoms with E-state index in [1.54, 1.807) is 0 Å². The van der Waals surface area contributed by atoms with Crippen molar-refractivity contribution in [3.05, 3.63) is 44.4 Å². The molecule has 0 aliphatic heterocycles. The highest BCUT2D eigenvalue weighted by Gasteiger charge is 2.18. The molecule has 0 bridgehead atoms. The second-order valence-electron chi connectivity index (χ2n) is 3.75. The molecule has 98 valence electrons. The number of fused-ring (bicyclic) bond motifs is 1. The average molecular weight is 263 g/mol. The van der Waals surface area contributed by atoms with E-state index in [0.29, 0.717) is 5.52 Å². The van der Waals surface area contributed by atoms with Gasteiger partial charge in [-0.15, -0.1) is 0 Å². The summed E-state index contributed by atoms with van der Waals surface area (Å²) in [6.45, 7) is 0. The number of aryl methyl sites for hydroxylation is 1. The van der Waals surface area contributed by atoms with Crippen molar-refractivity contribution in [2.24, 2.45) is 7.05 Å². The predicted octanol–water partition coefficient (Wildman–Crippen LogP) is 0.628. The number of non-ortho nitro benzene ring substituents is 1. The van der Waals surface area contributed by atoms with Crippen LogP contribution in [-0.2, 0) is 11.8 Å². The predicted molar refractivity (Wildman–Crippen MR) is 65.0 cm³/mol. The summed E-state index contributed by atoms with van der Waals surface area (Å²) in [6, 6.07) is 3.87.